The molecule has 0 aliphatic carbocycles. The van der Waals surface area contributed by atoms with Gasteiger partial charge in [-0.25, -0.2) is 13.9 Å². The number of halogens is 1. The Morgan fingerprint density at radius 3 is 2.30 bits per heavy atom. The molecular formula is C29H24FN5O2. The Labute approximate surface area is 213 Å². The van der Waals surface area contributed by atoms with Crippen LogP contribution < -0.4 is 9.64 Å². The maximum absolute atomic E-state index is 14.2. The van der Waals surface area contributed by atoms with Crippen molar-refractivity contribution < 1.29 is 13.9 Å². The smallest absolute Gasteiger partial charge is 0.327 e. The van der Waals surface area contributed by atoms with E-state index >= 15 is 0 Å². The molecule has 5 aromatic rings. The molecule has 1 fully saturated rings. The number of nitrogens with zero attached hydrogens (tertiary/aromatic N) is 5. The van der Waals surface area contributed by atoms with Gasteiger partial charge >= 0.3 is 6.03 Å². The average molecular weight is 494 g/mol. The predicted octanol–water partition coefficient (Wildman–Crippen LogP) is 5.96. The summed E-state index contributed by atoms with van der Waals surface area (Å²) in [6.07, 6.45) is -0.548. The van der Waals surface area contributed by atoms with Crippen LogP contribution in [0, 0.1) is 5.82 Å². The summed E-state index contributed by atoms with van der Waals surface area (Å²) in [5, 5.41) is 8.88. The van der Waals surface area contributed by atoms with Gasteiger partial charge in [-0.2, -0.15) is 0 Å². The van der Waals surface area contributed by atoms with Gasteiger partial charge in [0.15, 0.2) is 6.17 Å². The highest BCUT2D eigenvalue weighted by Crippen LogP contribution is 2.46. The van der Waals surface area contributed by atoms with Gasteiger partial charge in [0.05, 0.1) is 12.6 Å². The van der Waals surface area contributed by atoms with E-state index in [9.17, 15) is 9.18 Å². The van der Waals surface area contributed by atoms with Crippen molar-refractivity contribution in [2.45, 2.75) is 18.8 Å². The molecule has 6 rings (SSSR count). The number of aromatic nitrogens is 3. The monoisotopic (exact) mass is 493 g/mol. The van der Waals surface area contributed by atoms with Crippen molar-refractivity contribution in [2.24, 2.45) is 0 Å². The second kappa shape index (κ2) is 9.39. The summed E-state index contributed by atoms with van der Waals surface area (Å²) in [7, 11) is 1.60. The summed E-state index contributed by atoms with van der Waals surface area (Å²) >= 11 is 0. The van der Waals surface area contributed by atoms with E-state index in [4.69, 9.17) is 4.74 Å². The van der Waals surface area contributed by atoms with Crippen LogP contribution >= 0.6 is 0 Å². The molecule has 1 aliphatic rings. The molecule has 0 N–H and O–H groups in total. The van der Waals surface area contributed by atoms with E-state index in [1.54, 1.807) is 33.7 Å². The number of carbonyl (C=O) groups excluding carboxylic acids is 1. The van der Waals surface area contributed by atoms with E-state index in [-0.39, 0.29) is 11.8 Å². The first-order valence-corrected chi connectivity index (χ1v) is 12.0. The van der Waals surface area contributed by atoms with Gasteiger partial charge in [-0.3, -0.25) is 9.80 Å². The number of rotatable bonds is 6. The third kappa shape index (κ3) is 4.06. The van der Waals surface area contributed by atoms with E-state index in [0.717, 1.165) is 22.2 Å². The molecule has 0 radical (unpaired) electrons. The van der Waals surface area contributed by atoms with E-state index in [2.05, 4.69) is 10.3 Å². The fourth-order valence-corrected chi connectivity index (χ4v) is 4.96. The predicted molar refractivity (Wildman–Crippen MR) is 139 cm³/mol. The number of para-hydroxylation sites is 1. The topological polar surface area (TPSA) is 63.5 Å². The number of anilines is 1. The van der Waals surface area contributed by atoms with Gasteiger partial charge in [0.2, 0.25) is 0 Å². The Morgan fingerprint density at radius 1 is 0.865 bits per heavy atom. The second-order valence-corrected chi connectivity index (χ2v) is 8.90. The summed E-state index contributed by atoms with van der Waals surface area (Å²) < 4.78 is 21.1. The molecular weight excluding hydrogens is 469 g/mol. The molecule has 1 saturated heterocycles. The van der Waals surface area contributed by atoms with Gasteiger partial charge in [-0.1, -0.05) is 59.8 Å². The first-order valence-electron chi connectivity index (χ1n) is 12.0. The van der Waals surface area contributed by atoms with Crippen molar-refractivity contribution in [3.63, 3.8) is 0 Å². The zero-order chi connectivity index (χ0) is 25.4. The molecule has 184 valence electrons. The first kappa shape index (κ1) is 22.7. The second-order valence-electron chi connectivity index (χ2n) is 8.90. The average Bonchev–Trinajstić information content (AvgIpc) is 3.48. The summed E-state index contributed by atoms with van der Waals surface area (Å²) in [5.41, 5.74) is 4.01. The number of hydrogen-bond acceptors (Lipinski definition) is 4. The molecule has 2 atom stereocenters. The van der Waals surface area contributed by atoms with Gasteiger partial charge in [0.25, 0.3) is 0 Å². The fraction of sp³-hybridized carbons (Fsp3) is 0.138. The minimum atomic E-state index is -0.548. The number of ether oxygens (including phenoxy) is 1. The van der Waals surface area contributed by atoms with E-state index < -0.39 is 12.2 Å². The lowest BCUT2D eigenvalue weighted by atomic mass is 10.0. The molecule has 1 aromatic heterocycles. The molecule has 0 unspecified atom stereocenters. The van der Waals surface area contributed by atoms with Gasteiger partial charge in [-0.15, -0.1) is 5.10 Å². The van der Waals surface area contributed by atoms with Gasteiger partial charge < -0.3 is 4.74 Å². The first-order chi connectivity index (χ1) is 18.1. The lowest BCUT2D eigenvalue weighted by Crippen LogP contribution is -2.33. The van der Waals surface area contributed by atoms with Crippen LogP contribution in [0.15, 0.2) is 103 Å². The molecule has 0 spiro atoms. The zero-order valence-electron chi connectivity index (χ0n) is 20.1. The maximum atomic E-state index is 14.2. The molecule has 8 heteroatoms. The van der Waals surface area contributed by atoms with Crippen LogP contribution in [-0.2, 0) is 6.54 Å². The summed E-state index contributed by atoms with van der Waals surface area (Å²) in [6.45, 7) is 0.364. The lowest BCUT2D eigenvalue weighted by Gasteiger charge is -2.29. The minimum absolute atomic E-state index is 0.187. The number of amides is 2. The zero-order valence-corrected chi connectivity index (χ0v) is 20.1. The quantitative estimate of drug-likeness (QED) is 0.293. The fourth-order valence-electron chi connectivity index (χ4n) is 4.96. The van der Waals surface area contributed by atoms with Crippen LogP contribution in [0.25, 0.3) is 11.0 Å². The largest absolute Gasteiger partial charge is 0.497 e. The van der Waals surface area contributed by atoms with E-state index in [1.807, 2.05) is 78.9 Å². The molecule has 2 heterocycles. The molecule has 2 amide bonds. The molecule has 7 nitrogen and oxygen atoms in total. The van der Waals surface area contributed by atoms with Crippen LogP contribution in [0.5, 0.6) is 5.75 Å². The van der Waals surface area contributed by atoms with Crippen LogP contribution in [-0.4, -0.2) is 33.0 Å². The molecule has 37 heavy (non-hydrogen) atoms. The van der Waals surface area contributed by atoms with Crippen molar-refractivity contribution in [1.82, 2.24) is 19.9 Å². The Kier molecular flexibility index (Phi) is 5.76. The summed E-state index contributed by atoms with van der Waals surface area (Å²) in [6, 6.07) is 30.5. The van der Waals surface area contributed by atoms with E-state index in [1.165, 1.54) is 12.1 Å². The van der Waals surface area contributed by atoms with Gasteiger partial charge in [0.1, 0.15) is 23.1 Å². The van der Waals surface area contributed by atoms with Gasteiger partial charge in [0, 0.05) is 12.2 Å². The Balaban J connectivity index is 1.56. The number of urea groups is 1. The Morgan fingerprint density at radius 2 is 1.57 bits per heavy atom. The van der Waals surface area contributed by atoms with Crippen LogP contribution in [0.4, 0.5) is 14.9 Å². The summed E-state index contributed by atoms with van der Waals surface area (Å²) in [4.78, 5) is 17.8. The third-order valence-electron chi connectivity index (χ3n) is 6.72. The van der Waals surface area contributed by atoms with Crippen molar-refractivity contribution in [1.29, 1.82) is 0 Å². The molecule has 1 aliphatic heterocycles. The standard InChI is InChI=1S/C29H24FN5O2/c1-37-24-17-15-23(16-18-24)34-27(21-11-13-22(30)14-12-21)28(35-26-10-6-5-9-25(26)31-32-35)33(29(34)36)19-20-7-3-2-4-8-20/h2-18,27-28H,19H2,1H3/t27-,28-/m1/s1. The summed E-state index contributed by atoms with van der Waals surface area (Å²) in [5.74, 6) is 0.349. The number of fused-ring (bicyclic) bond motifs is 1. The number of methoxy groups -OCH3 is 1. The third-order valence-corrected chi connectivity index (χ3v) is 6.72. The minimum Gasteiger partial charge on any atom is -0.497 e. The highest BCUT2D eigenvalue weighted by Gasteiger charge is 2.49. The Bertz CT molecular complexity index is 1540. The van der Waals surface area contributed by atoms with Crippen LogP contribution in [0.3, 0.4) is 0 Å². The van der Waals surface area contributed by atoms with Crippen LogP contribution in [0.2, 0.25) is 0 Å². The normalized spacial score (nSPS) is 17.5. The van der Waals surface area contributed by atoms with Crippen molar-refractivity contribution in [2.75, 3.05) is 12.0 Å². The Hall–Kier alpha value is -4.72. The maximum Gasteiger partial charge on any atom is 0.327 e. The SMILES string of the molecule is COc1ccc(N2C(=O)N(Cc3ccccc3)[C@H](n3nnc4ccccc43)[C@H]2c2ccc(F)cc2)cc1. The van der Waals surface area contributed by atoms with Crippen molar-refractivity contribution in [3.8, 4) is 5.75 Å². The molecule has 0 saturated carbocycles. The number of carbonyl (C=O) groups is 1. The van der Waals surface area contributed by atoms with Gasteiger partial charge in [-0.05, 0) is 59.7 Å². The lowest BCUT2D eigenvalue weighted by molar-refractivity contribution is 0.163. The molecule has 4 aromatic carbocycles. The number of hydrogen-bond donors (Lipinski definition) is 0. The van der Waals surface area contributed by atoms with Crippen molar-refractivity contribution in [3.05, 3.63) is 120 Å². The van der Waals surface area contributed by atoms with Crippen molar-refractivity contribution >= 4 is 22.8 Å². The molecule has 0 bridgehead atoms. The number of benzene rings is 4. The highest BCUT2D eigenvalue weighted by molar-refractivity contribution is 5.96. The van der Waals surface area contributed by atoms with E-state index in [0.29, 0.717) is 18.0 Å². The highest BCUT2D eigenvalue weighted by atomic mass is 19.1. The van der Waals surface area contributed by atoms with Crippen LogP contribution in [0.1, 0.15) is 23.3 Å².